The maximum absolute atomic E-state index is 11.5. The molecule has 0 aromatic rings. The van der Waals surface area contributed by atoms with Crippen molar-refractivity contribution in [3.63, 3.8) is 0 Å². The largest absolute Gasteiger partial charge is 0.300 e. The summed E-state index contributed by atoms with van der Waals surface area (Å²) < 4.78 is 0. The van der Waals surface area contributed by atoms with Gasteiger partial charge in [-0.2, -0.15) is 0 Å². The fourth-order valence-electron chi connectivity index (χ4n) is 1.80. The van der Waals surface area contributed by atoms with E-state index >= 15 is 0 Å². The third-order valence-corrected chi connectivity index (χ3v) is 3.52. The van der Waals surface area contributed by atoms with Gasteiger partial charge in [-0.1, -0.05) is 55.5 Å². The van der Waals surface area contributed by atoms with Gasteiger partial charge in [0.05, 0.1) is 0 Å². The van der Waals surface area contributed by atoms with Gasteiger partial charge in [-0.3, -0.25) is 4.79 Å². The van der Waals surface area contributed by atoms with Gasteiger partial charge in [-0.25, -0.2) is 0 Å². The van der Waals surface area contributed by atoms with Crippen LogP contribution in [0.3, 0.4) is 0 Å². The molecule has 0 rings (SSSR count). The first-order chi connectivity index (χ1) is 7.24. The Morgan fingerprint density at radius 3 is 2.40 bits per heavy atom. The number of carbonyl (C=O) groups excluding carboxylic acids is 1. The molecule has 2 heteroatoms. The van der Waals surface area contributed by atoms with Crippen molar-refractivity contribution in [2.45, 2.75) is 65.2 Å². The first-order valence-electron chi connectivity index (χ1n) is 6.32. The van der Waals surface area contributed by atoms with Gasteiger partial charge in [0.15, 0.2) is 0 Å². The second-order valence-corrected chi connectivity index (χ2v) is 5.08. The van der Waals surface area contributed by atoms with Crippen LogP contribution < -0.4 is 0 Å². The van der Waals surface area contributed by atoms with E-state index in [2.05, 4.69) is 29.8 Å². The Balaban J connectivity index is 3.55. The number of hydrogen-bond donors (Lipinski definition) is 0. The summed E-state index contributed by atoms with van der Waals surface area (Å²) in [5, 5.41) is 0.950. The van der Waals surface area contributed by atoms with Gasteiger partial charge in [-0.15, -0.1) is 0 Å². The maximum Gasteiger partial charge on any atom is 0.132 e. The zero-order valence-electron chi connectivity index (χ0n) is 10.2. The van der Waals surface area contributed by atoms with Gasteiger partial charge in [-0.05, 0) is 18.8 Å². The van der Waals surface area contributed by atoms with Crippen LogP contribution in [0.15, 0.2) is 0 Å². The molecule has 1 unspecified atom stereocenters. The highest BCUT2D eigenvalue weighted by Gasteiger charge is 2.08. The van der Waals surface area contributed by atoms with Crippen molar-refractivity contribution in [2.24, 2.45) is 5.92 Å². The molecule has 0 saturated carbocycles. The monoisotopic (exact) mass is 276 g/mol. The predicted molar refractivity (Wildman–Crippen MR) is 70.6 cm³/mol. The molecular formula is C13H25BrO. The highest BCUT2D eigenvalue weighted by Crippen LogP contribution is 2.19. The molecule has 1 atom stereocenters. The van der Waals surface area contributed by atoms with E-state index in [9.17, 15) is 4.79 Å². The lowest BCUT2D eigenvalue weighted by Gasteiger charge is -2.13. The van der Waals surface area contributed by atoms with E-state index < -0.39 is 0 Å². The van der Waals surface area contributed by atoms with Gasteiger partial charge in [0.2, 0.25) is 0 Å². The summed E-state index contributed by atoms with van der Waals surface area (Å²) in [7, 11) is 0. The van der Waals surface area contributed by atoms with E-state index in [1.807, 2.05) is 0 Å². The summed E-state index contributed by atoms with van der Waals surface area (Å²) >= 11 is 3.35. The number of unbranched alkanes of at least 4 members (excludes halogenated alkanes) is 1. The molecule has 0 spiro atoms. The second-order valence-electron chi connectivity index (χ2n) is 4.29. The molecule has 0 heterocycles. The van der Waals surface area contributed by atoms with Crippen molar-refractivity contribution < 1.29 is 4.79 Å². The number of Topliss-reactive ketones (excluding diaryl/α,β-unsaturated/α-hetero) is 1. The lowest BCUT2D eigenvalue weighted by Crippen LogP contribution is -2.04. The first kappa shape index (κ1) is 15.2. The minimum atomic E-state index is 0.449. The highest BCUT2D eigenvalue weighted by molar-refractivity contribution is 9.09. The van der Waals surface area contributed by atoms with Gasteiger partial charge in [0.1, 0.15) is 5.78 Å². The highest BCUT2D eigenvalue weighted by atomic mass is 79.9. The summed E-state index contributed by atoms with van der Waals surface area (Å²) in [5.41, 5.74) is 0. The quantitative estimate of drug-likeness (QED) is 0.528. The molecule has 0 saturated heterocycles. The summed E-state index contributed by atoms with van der Waals surface area (Å²) in [6, 6.07) is 0. The number of hydrogen-bond acceptors (Lipinski definition) is 1. The fraction of sp³-hybridized carbons (Fsp3) is 0.923. The van der Waals surface area contributed by atoms with Crippen molar-refractivity contribution >= 4 is 21.7 Å². The van der Waals surface area contributed by atoms with E-state index in [4.69, 9.17) is 0 Å². The minimum Gasteiger partial charge on any atom is -0.300 e. The molecule has 1 nitrogen and oxygen atoms in total. The Hall–Kier alpha value is 0.150. The summed E-state index contributed by atoms with van der Waals surface area (Å²) in [4.78, 5) is 11.5. The van der Waals surface area contributed by atoms with Crippen LogP contribution in [0.1, 0.15) is 65.2 Å². The molecule has 0 aromatic carbocycles. The Bertz CT molecular complexity index is 157. The van der Waals surface area contributed by atoms with Crippen LogP contribution in [0, 0.1) is 5.92 Å². The lowest BCUT2D eigenvalue weighted by molar-refractivity contribution is -0.119. The fourth-order valence-corrected chi connectivity index (χ4v) is 2.08. The molecule has 0 fully saturated rings. The number of carbonyl (C=O) groups is 1. The van der Waals surface area contributed by atoms with Crippen molar-refractivity contribution in [1.29, 1.82) is 0 Å². The minimum absolute atomic E-state index is 0.449. The number of alkyl halides is 1. The van der Waals surface area contributed by atoms with Crippen LogP contribution >= 0.6 is 15.9 Å². The van der Waals surface area contributed by atoms with Gasteiger partial charge >= 0.3 is 0 Å². The summed E-state index contributed by atoms with van der Waals surface area (Å²) in [6.07, 6.45) is 8.78. The second kappa shape index (κ2) is 10.7. The third-order valence-electron chi connectivity index (χ3n) is 2.96. The molecule has 90 valence electrons. The maximum atomic E-state index is 11.5. The van der Waals surface area contributed by atoms with E-state index in [-0.39, 0.29) is 0 Å². The predicted octanol–water partition coefficient (Wildman–Crippen LogP) is 4.73. The lowest BCUT2D eigenvalue weighted by atomic mass is 9.93. The van der Waals surface area contributed by atoms with Crippen molar-refractivity contribution in [3.8, 4) is 0 Å². The van der Waals surface area contributed by atoms with E-state index in [1.54, 1.807) is 0 Å². The van der Waals surface area contributed by atoms with Crippen LogP contribution in [-0.2, 0) is 4.79 Å². The van der Waals surface area contributed by atoms with E-state index in [0.29, 0.717) is 5.78 Å². The molecule has 0 aliphatic rings. The van der Waals surface area contributed by atoms with Crippen molar-refractivity contribution in [1.82, 2.24) is 0 Å². The average molecular weight is 277 g/mol. The Morgan fingerprint density at radius 2 is 1.87 bits per heavy atom. The van der Waals surface area contributed by atoms with Gasteiger partial charge in [0.25, 0.3) is 0 Å². The van der Waals surface area contributed by atoms with E-state index in [0.717, 1.165) is 36.9 Å². The standard InChI is InChI=1S/C13H25BrO/c1-3-5-7-12(4-2)9-10-13(15)8-6-11-14/h12H,3-11H2,1-2H3. The molecule has 0 N–H and O–H groups in total. The van der Waals surface area contributed by atoms with Crippen molar-refractivity contribution in [3.05, 3.63) is 0 Å². The number of ketones is 1. The number of rotatable bonds is 10. The van der Waals surface area contributed by atoms with Gasteiger partial charge in [0, 0.05) is 18.2 Å². The molecule has 0 amide bonds. The summed E-state index contributed by atoms with van der Waals surface area (Å²) in [6.45, 7) is 4.47. The normalized spacial score (nSPS) is 12.7. The average Bonchev–Trinajstić information content (AvgIpc) is 2.26. The molecule has 15 heavy (non-hydrogen) atoms. The van der Waals surface area contributed by atoms with Gasteiger partial charge < -0.3 is 0 Å². The zero-order chi connectivity index (χ0) is 11.5. The smallest absolute Gasteiger partial charge is 0.132 e. The first-order valence-corrected chi connectivity index (χ1v) is 7.44. The van der Waals surface area contributed by atoms with E-state index in [1.165, 1.54) is 25.7 Å². The van der Waals surface area contributed by atoms with Crippen LogP contribution in [0.5, 0.6) is 0 Å². The zero-order valence-corrected chi connectivity index (χ0v) is 11.8. The summed E-state index contributed by atoms with van der Waals surface area (Å²) in [5.74, 6) is 1.22. The SMILES string of the molecule is CCCCC(CC)CCC(=O)CCCBr. The molecule has 0 aliphatic carbocycles. The van der Waals surface area contributed by atoms with Crippen LogP contribution in [-0.4, -0.2) is 11.1 Å². The van der Waals surface area contributed by atoms with Crippen LogP contribution in [0.25, 0.3) is 0 Å². The molecular weight excluding hydrogens is 252 g/mol. The molecule has 0 aliphatic heterocycles. The van der Waals surface area contributed by atoms with Crippen molar-refractivity contribution in [2.75, 3.05) is 5.33 Å². The molecule has 0 radical (unpaired) electrons. The van der Waals surface area contributed by atoms with Crippen LogP contribution in [0.4, 0.5) is 0 Å². The molecule has 0 bridgehead atoms. The third kappa shape index (κ3) is 9.10. The topological polar surface area (TPSA) is 17.1 Å². The van der Waals surface area contributed by atoms with Crippen LogP contribution in [0.2, 0.25) is 0 Å². The number of halogens is 1. The Morgan fingerprint density at radius 1 is 1.13 bits per heavy atom. The Labute approximate surface area is 103 Å². The molecule has 0 aromatic heterocycles. The Kier molecular flexibility index (Phi) is 10.8.